The highest BCUT2D eigenvalue weighted by Gasteiger charge is 2.29. The van der Waals surface area contributed by atoms with Crippen LogP contribution in [-0.4, -0.2) is 56.3 Å². The number of nitrogens with zero attached hydrogens (tertiary/aromatic N) is 3. The number of carbonyl (C=O) groups is 1. The number of carbonyl (C=O) groups excluding carboxylic acids is 1. The predicted molar refractivity (Wildman–Crippen MR) is 109 cm³/mol. The Morgan fingerprint density at radius 1 is 1.13 bits per heavy atom. The fraction of sp³-hybridized carbons (Fsp3) is 0.333. The first-order valence-electron chi connectivity index (χ1n) is 9.57. The van der Waals surface area contributed by atoms with E-state index in [1.165, 1.54) is 19.1 Å². The van der Waals surface area contributed by atoms with Gasteiger partial charge < -0.3 is 4.90 Å². The average molecular weight is 431 g/mol. The fourth-order valence-corrected chi connectivity index (χ4v) is 4.63. The molecule has 1 amide bonds. The average Bonchev–Trinajstić information content (AvgIpc) is 2.74. The fourth-order valence-electron chi connectivity index (χ4n) is 3.35. The molecule has 2 aromatic rings. The third-order valence-corrected chi connectivity index (χ3v) is 6.58. The van der Waals surface area contributed by atoms with E-state index in [0.29, 0.717) is 38.3 Å². The van der Waals surface area contributed by atoms with Crippen molar-refractivity contribution in [3.05, 3.63) is 65.5 Å². The molecule has 0 saturated carbocycles. The van der Waals surface area contributed by atoms with Crippen molar-refractivity contribution in [3.63, 3.8) is 0 Å². The number of amides is 1. The third-order valence-electron chi connectivity index (χ3n) is 5.00. The molecule has 9 heteroatoms. The lowest BCUT2D eigenvalue weighted by Gasteiger charge is -2.36. The molecule has 0 bridgehead atoms. The van der Waals surface area contributed by atoms with Gasteiger partial charge in [-0.2, -0.15) is 9.98 Å². The molecular weight excluding hydrogens is 407 g/mol. The topological polar surface area (TPSA) is 93.5 Å². The predicted octanol–water partition coefficient (Wildman–Crippen LogP) is 1.71. The van der Waals surface area contributed by atoms with Gasteiger partial charge in [-0.25, -0.2) is 12.8 Å². The highest BCUT2D eigenvalue weighted by Crippen LogP contribution is 2.15. The molecule has 1 aliphatic heterocycles. The van der Waals surface area contributed by atoms with Crippen LogP contribution in [0.1, 0.15) is 18.1 Å². The Morgan fingerprint density at radius 3 is 2.37 bits per heavy atom. The summed E-state index contributed by atoms with van der Waals surface area (Å²) < 4.78 is 40.9. The van der Waals surface area contributed by atoms with Gasteiger partial charge in [0.05, 0.1) is 17.7 Å². The standard InChI is InChI=1S/C21H23FN4O3S/c1-16(24-30(28,29)20-5-3-2-4-19(20)22)21(27)26-12-10-25(11-13-26)15-18-8-6-17(14-23)7-9-18/h2-9,16,24H,10-13,15H2,1H3/t16-/m1/s1. The van der Waals surface area contributed by atoms with Crippen molar-refractivity contribution in [1.82, 2.24) is 14.5 Å². The Morgan fingerprint density at radius 2 is 1.77 bits per heavy atom. The van der Waals surface area contributed by atoms with Gasteiger partial charge in [-0.3, -0.25) is 9.69 Å². The van der Waals surface area contributed by atoms with E-state index in [1.54, 1.807) is 17.0 Å². The normalized spacial score (nSPS) is 16.1. The van der Waals surface area contributed by atoms with E-state index in [4.69, 9.17) is 5.26 Å². The molecule has 1 saturated heterocycles. The molecule has 0 spiro atoms. The summed E-state index contributed by atoms with van der Waals surface area (Å²) >= 11 is 0. The van der Waals surface area contributed by atoms with Crippen LogP contribution in [0.25, 0.3) is 0 Å². The zero-order valence-electron chi connectivity index (χ0n) is 16.6. The van der Waals surface area contributed by atoms with Crippen LogP contribution in [0.2, 0.25) is 0 Å². The smallest absolute Gasteiger partial charge is 0.244 e. The van der Waals surface area contributed by atoms with Gasteiger partial charge in [0, 0.05) is 32.7 Å². The van der Waals surface area contributed by atoms with Gasteiger partial charge >= 0.3 is 0 Å². The lowest BCUT2D eigenvalue weighted by Crippen LogP contribution is -2.53. The monoisotopic (exact) mass is 430 g/mol. The Hall–Kier alpha value is -2.80. The zero-order chi connectivity index (χ0) is 21.7. The molecular formula is C21H23FN4O3S. The molecule has 30 heavy (non-hydrogen) atoms. The summed E-state index contributed by atoms with van der Waals surface area (Å²) in [5.74, 6) is -1.20. The maximum Gasteiger partial charge on any atom is 0.244 e. The molecule has 1 aliphatic rings. The van der Waals surface area contributed by atoms with Crippen LogP contribution < -0.4 is 4.72 Å². The van der Waals surface area contributed by atoms with Crippen molar-refractivity contribution in [1.29, 1.82) is 5.26 Å². The van der Waals surface area contributed by atoms with Crippen molar-refractivity contribution in [2.24, 2.45) is 0 Å². The number of piperazine rings is 1. The number of nitrogens with one attached hydrogen (secondary N) is 1. The number of halogens is 1. The van der Waals surface area contributed by atoms with Gasteiger partial charge in [-0.1, -0.05) is 24.3 Å². The Bertz CT molecular complexity index is 1040. The quantitative estimate of drug-likeness (QED) is 0.753. The highest BCUT2D eigenvalue weighted by molar-refractivity contribution is 7.89. The molecule has 7 nitrogen and oxygen atoms in total. The van der Waals surface area contributed by atoms with Crippen molar-refractivity contribution in [2.45, 2.75) is 24.4 Å². The maximum atomic E-state index is 13.8. The molecule has 1 N–H and O–H groups in total. The summed E-state index contributed by atoms with van der Waals surface area (Å²) in [5, 5.41) is 8.87. The number of sulfonamides is 1. The summed E-state index contributed by atoms with van der Waals surface area (Å²) in [6.45, 7) is 4.42. The van der Waals surface area contributed by atoms with E-state index in [1.807, 2.05) is 12.1 Å². The largest absolute Gasteiger partial charge is 0.339 e. The van der Waals surface area contributed by atoms with Crippen LogP contribution >= 0.6 is 0 Å². The number of nitriles is 1. The molecule has 3 rings (SSSR count). The molecule has 1 atom stereocenters. The summed E-state index contributed by atoms with van der Waals surface area (Å²) in [5.41, 5.74) is 1.70. The van der Waals surface area contributed by atoms with Crippen LogP contribution in [-0.2, 0) is 21.4 Å². The molecule has 2 aromatic carbocycles. The Balaban J connectivity index is 1.54. The number of hydrogen-bond donors (Lipinski definition) is 1. The van der Waals surface area contributed by atoms with Crippen molar-refractivity contribution in [3.8, 4) is 6.07 Å². The minimum atomic E-state index is -4.14. The molecule has 1 fully saturated rings. The van der Waals surface area contributed by atoms with Crippen LogP contribution in [0.4, 0.5) is 4.39 Å². The van der Waals surface area contributed by atoms with Crippen LogP contribution in [0.3, 0.4) is 0 Å². The second-order valence-electron chi connectivity index (χ2n) is 7.18. The van der Waals surface area contributed by atoms with Crippen LogP contribution in [0.15, 0.2) is 53.4 Å². The molecule has 0 radical (unpaired) electrons. The van der Waals surface area contributed by atoms with E-state index in [9.17, 15) is 17.6 Å². The number of benzene rings is 2. The lowest BCUT2D eigenvalue weighted by molar-refractivity contribution is -0.134. The molecule has 0 aromatic heterocycles. The van der Waals surface area contributed by atoms with Crippen LogP contribution in [0, 0.1) is 17.1 Å². The molecule has 0 unspecified atom stereocenters. The van der Waals surface area contributed by atoms with E-state index in [0.717, 1.165) is 17.7 Å². The van der Waals surface area contributed by atoms with E-state index in [-0.39, 0.29) is 5.91 Å². The van der Waals surface area contributed by atoms with Crippen molar-refractivity contribution in [2.75, 3.05) is 26.2 Å². The Kier molecular flexibility index (Phi) is 6.82. The van der Waals surface area contributed by atoms with Gasteiger partial charge in [0.15, 0.2) is 0 Å². The first-order chi connectivity index (χ1) is 14.3. The summed E-state index contributed by atoms with van der Waals surface area (Å²) in [4.78, 5) is 16.0. The second-order valence-corrected chi connectivity index (χ2v) is 8.87. The van der Waals surface area contributed by atoms with Gasteiger partial charge in [0.1, 0.15) is 10.7 Å². The first kappa shape index (κ1) is 21.9. The minimum Gasteiger partial charge on any atom is -0.339 e. The van der Waals surface area contributed by atoms with Gasteiger partial charge in [-0.05, 0) is 36.8 Å². The minimum absolute atomic E-state index is 0.340. The zero-order valence-corrected chi connectivity index (χ0v) is 17.4. The van der Waals surface area contributed by atoms with Gasteiger partial charge in [0.2, 0.25) is 15.9 Å². The number of hydrogen-bond acceptors (Lipinski definition) is 5. The second kappa shape index (κ2) is 9.34. The van der Waals surface area contributed by atoms with Gasteiger partial charge in [-0.15, -0.1) is 0 Å². The lowest BCUT2D eigenvalue weighted by atomic mass is 10.1. The number of rotatable bonds is 6. The third kappa shape index (κ3) is 5.21. The van der Waals surface area contributed by atoms with Crippen LogP contribution in [0.5, 0.6) is 0 Å². The first-order valence-corrected chi connectivity index (χ1v) is 11.1. The highest BCUT2D eigenvalue weighted by atomic mass is 32.2. The molecule has 1 heterocycles. The maximum absolute atomic E-state index is 13.8. The van der Waals surface area contributed by atoms with Crippen molar-refractivity contribution >= 4 is 15.9 Å². The van der Waals surface area contributed by atoms with E-state index in [2.05, 4.69) is 15.7 Å². The SMILES string of the molecule is C[C@@H](NS(=O)(=O)c1ccccc1F)C(=O)N1CCN(Cc2ccc(C#N)cc2)CC1. The van der Waals surface area contributed by atoms with E-state index < -0.39 is 26.8 Å². The molecule has 158 valence electrons. The van der Waals surface area contributed by atoms with E-state index >= 15 is 0 Å². The van der Waals surface area contributed by atoms with Gasteiger partial charge in [0.25, 0.3) is 0 Å². The van der Waals surface area contributed by atoms with Crippen molar-refractivity contribution < 1.29 is 17.6 Å². The summed E-state index contributed by atoms with van der Waals surface area (Å²) in [6, 6.07) is 13.5. The Labute approximate surface area is 175 Å². The summed E-state index contributed by atoms with van der Waals surface area (Å²) in [6.07, 6.45) is 0. The molecule has 0 aliphatic carbocycles. The summed E-state index contributed by atoms with van der Waals surface area (Å²) in [7, 11) is -4.14.